The van der Waals surface area contributed by atoms with Gasteiger partial charge in [-0.1, -0.05) is 37.8 Å². The molecule has 1 aromatic rings. The summed E-state index contributed by atoms with van der Waals surface area (Å²) in [6.07, 6.45) is 6.54. The van der Waals surface area contributed by atoms with E-state index in [1.54, 1.807) is 0 Å². The molecule has 18 heavy (non-hydrogen) atoms. The molecule has 0 aliphatic heterocycles. The molecule has 0 heterocycles. The zero-order chi connectivity index (χ0) is 13.2. The van der Waals surface area contributed by atoms with Crippen LogP contribution >= 0.6 is 11.6 Å². The minimum absolute atomic E-state index is 0.0723. The number of phenols is 1. The maximum Gasteiger partial charge on any atom is 0.122 e. The fourth-order valence-corrected chi connectivity index (χ4v) is 3.38. The number of aromatic hydroxyl groups is 1. The maximum atomic E-state index is 10.4. The Morgan fingerprint density at radius 1 is 1.28 bits per heavy atom. The Kier molecular flexibility index (Phi) is 4.18. The summed E-state index contributed by atoms with van der Waals surface area (Å²) in [5.41, 5.74) is 7.85. The lowest BCUT2D eigenvalue weighted by atomic mass is 9.69. The Hall–Kier alpha value is -0.730. The molecule has 0 aromatic heterocycles. The van der Waals surface area contributed by atoms with Crippen molar-refractivity contribution in [3.05, 3.63) is 28.3 Å². The number of benzene rings is 1. The van der Waals surface area contributed by atoms with E-state index in [0.717, 1.165) is 30.4 Å². The molecule has 0 unspecified atom stereocenters. The molecule has 1 aliphatic rings. The largest absolute Gasteiger partial charge is 0.507 e. The quantitative estimate of drug-likeness (QED) is 0.876. The number of aryl methyl sites for hydroxylation is 1. The first-order valence-electron chi connectivity index (χ1n) is 6.85. The Bertz CT molecular complexity index is 425. The van der Waals surface area contributed by atoms with Gasteiger partial charge in [-0.25, -0.2) is 0 Å². The molecule has 0 radical (unpaired) electrons. The van der Waals surface area contributed by atoms with Crippen molar-refractivity contribution in [2.45, 2.75) is 50.9 Å². The fourth-order valence-electron chi connectivity index (χ4n) is 3.14. The van der Waals surface area contributed by atoms with Gasteiger partial charge in [-0.15, -0.1) is 0 Å². The van der Waals surface area contributed by atoms with Gasteiger partial charge in [-0.2, -0.15) is 0 Å². The second-order valence-electron chi connectivity index (χ2n) is 5.36. The molecule has 0 atom stereocenters. The highest BCUT2D eigenvalue weighted by atomic mass is 35.5. The van der Waals surface area contributed by atoms with Gasteiger partial charge in [-0.05, 0) is 37.0 Å². The van der Waals surface area contributed by atoms with Crippen molar-refractivity contribution in [2.75, 3.05) is 6.54 Å². The lowest BCUT2D eigenvalue weighted by Gasteiger charge is -2.37. The number of hydrogen-bond acceptors (Lipinski definition) is 2. The molecule has 2 nitrogen and oxygen atoms in total. The van der Waals surface area contributed by atoms with Crippen LogP contribution in [0.15, 0.2) is 12.1 Å². The van der Waals surface area contributed by atoms with Crippen LogP contribution in [-0.2, 0) is 11.8 Å². The van der Waals surface area contributed by atoms with Gasteiger partial charge < -0.3 is 10.8 Å². The molecule has 1 fully saturated rings. The van der Waals surface area contributed by atoms with Crippen LogP contribution in [-0.4, -0.2) is 11.7 Å². The summed E-state index contributed by atoms with van der Waals surface area (Å²) in [5.74, 6) is 0.411. The predicted molar refractivity (Wildman–Crippen MR) is 76.3 cm³/mol. The molecule has 1 aromatic carbocycles. The number of halogens is 1. The van der Waals surface area contributed by atoms with Crippen LogP contribution in [0.25, 0.3) is 0 Å². The van der Waals surface area contributed by atoms with Crippen LogP contribution < -0.4 is 5.73 Å². The summed E-state index contributed by atoms with van der Waals surface area (Å²) in [4.78, 5) is 0. The molecule has 0 amide bonds. The van der Waals surface area contributed by atoms with Gasteiger partial charge in [0.1, 0.15) is 5.75 Å². The highest BCUT2D eigenvalue weighted by Gasteiger charge is 2.35. The minimum atomic E-state index is -0.0723. The smallest absolute Gasteiger partial charge is 0.122 e. The van der Waals surface area contributed by atoms with Gasteiger partial charge in [-0.3, -0.25) is 0 Å². The summed E-state index contributed by atoms with van der Waals surface area (Å²) in [6, 6.07) is 3.77. The van der Waals surface area contributed by atoms with E-state index < -0.39 is 0 Å². The second kappa shape index (κ2) is 5.50. The van der Waals surface area contributed by atoms with Crippen LogP contribution in [0.1, 0.15) is 50.2 Å². The van der Waals surface area contributed by atoms with E-state index in [4.69, 9.17) is 17.3 Å². The monoisotopic (exact) mass is 267 g/mol. The topological polar surface area (TPSA) is 46.2 Å². The van der Waals surface area contributed by atoms with Gasteiger partial charge in [0.05, 0.1) is 0 Å². The average Bonchev–Trinajstić information content (AvgIpc) is 2.41. The van der Waals surface area contributed by atoms with Gasteiger partial charge >= 0.3 is 0 Å². The molecule has 0 spiro atoms. The van der Waals surface area contributed by atoms with E-state index >= 15 is 0 Å². The third kappa shape index (κ3) is 2.36. The standard InChI is InChI=1S/C15H22ClNO/c1-2-11-8-12(16)9-13(14(11)18)15(10-17)6-4-3-5-7-15/h8-9,18H,2-7,10,17H2,1H3. The summed E-state index contributed by atoms with van der Waals surface area (Å²) in [7, 11) is 0. The number of hydrogen-bond donors (Lipinski definition) is 2. The second-order valence-corrected chi connectivity index (χ2v) is 5.80. The SMILES string of the molecule is CCc1cc(Cl)cc(C2(CN)CCCCC2)c1O. The highest BCUT2D eigenvalue weighted by molar-refractivity contribution is 6.30. The van der Waals surface area contributed by atoms with Crippen molar-refractivity contribution in [1.29, 1.82) is 0 Å². The summed E-state index contributed by atoms with van der Waals surface area (Å²) in [5, 5.41) is 11.2. The lowest BCUT2D eigenvalue weighted by molar-refractivity contribution is 0.290. The average molecular weight is 268 g/mol. The third-order valence-corrected chi connectivity index (χ3v) is 4.53. The zero-order valence-electron chi connectivity index (χ0n) is 11.0. The molecular weight excluding hydrogens is 246 g/mol. The number of phenolic OH excluding ortho intramolecular Hbond substituents is 1. The maximum absolute atomic E-state index is 10.4. The molecule has 100 valence electrons. The Balaban J connectivity index is 2.50. The normalized spacial score (nSPS) is 18.8. The number of rotatable bonds is 3. The van der Waals surface area contributed by atoms with E-state index in [-0.39, 0.29) is 5.41 Å². The van der Waals surface area contributed by atoms with Crippen molar-refractivity contribution < 1.29 is 5.11 Å². The lowest BCUT2D eigenvalue weighted by Crippen LogP contribution is -2.37. The van der Waals surface area contributed by atoms with Crippen molar-refractivity contribution in [3.63, 3.8) is 0 Å². The van der Waals surface area contributed by atoms with Crippen LogP contribution in [0.2, 0.25) is 5.02 Å². The molecule has 1 saturated carbocycles. The predicted octanol–water partition coefficient (Wildman–Crippen LogP) is 3.77. The van der Waals surface area contributed by atoms with E-state index in [9.17, 15) is 5.11 Å². The Labute approximate surface area is 114 Å². The highest BCUT2D eigenvalue weighted by Crippen LogP contribution is 2.44. The summed E-state index contributed by atoms with van der Waals surface area (Å²) < 4.78 is 0. The van der Waals surface area contributed by atoms with E-state index in [1.807, 2.05) is 19.1 Å². The van der Waals surface area contributed by atoms with E-state index in [0.29, 0.717) is 17.3 Å². The van der Waals surface area contributed by atoms with E-state index in [1.165, 1.54) is 19.3 Å². The van der Waals surface area contributed by atoms with Crippen molar-refractivity contribution in [2.24, 2.45) is 5.73 Å². The zero-order valence-corrected chi connectivity index (χ0v) is 11.8. The first-order chi connectivity index (χ1) is 8.63. The minimum Gasteiger partial charge on any atom is -0.507 e. The van der Waals surface area contributed by atoms with Crippen molar-refractivity contribution >= 4 is 11.6 Å². The first kappa shape index (κ1) is 13.7. The molecule has 0 saturated heterocycles. The molecule has 3 heteroatoms. The van der Waals surface area contributed by atoms with Gasteiger partial charge in [0, 0.05) is 22.5 Å². The van der Waals surface area contributed by atoms with Crippen molar-refractivity contribution in [3.8, 4) is 5.75 Å². The van der Waals surface area contributed by atoms with Crippen LogP contribution in [0.4, 0.5) is 0 Å². The molecule has 1 aliphatic carbocycles. The van der Waals surface area contributed by atoms with Gasteiger partial charge in [0.25, 0.3) is 0 Å². The summed E-state index contributed by atoms with van der Waals surface area (Å²) in [6.45, 7) is 2.62. The summed E-state index contributed by atoms with van der Waals surface area (Å²) >= 11 is 6.19. The van der Waals surface area contributed by atoms with Gasteiger partial charge in [0.15, 0.2) is 0 Å². The molecule has 0 bridgehead atoms. The Morgan fingerprint density at radius 3 is 2.50 bits per heavy atom. The molecule has 3 N–H and O–H groups in total. The van der Waals surface area contributed by atoms with Crippen LogP contribution in [0.3, 0.4) is 0 Å². The fraction of sp³-hybridized carbons (Fsp3) is 0.600. The van der Waals surface area contributed by atoms with Crippen LogP contribution in [0, 0.1) is 0 Å². The van der Waals surface area contributed by atoms with Gasteiger partial charge in [0.2, 0.25) is 0 Å². The molecular formula is C15H22ClNO. The molecule has 2 rings (SSSR count). The Morgan fingerprint density at radius 2 is 1.94 bits per heavy atom. The third-order valence-electron chi connectivity index (χ3n) is 4.31. The number of nitrogens with two attached hydrogens (primary N) is 1. The first-order valence-corrected chi connectivity index (χ1v) is 7.22. The van der Waals surface area contributed by atoms with Crippen LogP contribution in [0.5, 0.6) is 5.75 Å². The van der Waals surface area contributed by atoms with Crippen molar-refractivity contribution in [1.82, 2.24) is 0 Å². The van der Waals surface area contributed by atoms with E-state index in [2.05, 4.69) is 0 Å².